The van der Waals surface area contributed by atoms with Gasteiger partial charge in [0.1, 0.15) is 0 Å². The quantitative estimate of drug-likeness (QED) is 0.763. The largest absolute Gasteiger partial charge is 0.341 e. The molecule has 0 atom stereocenters. The smallest absolute Gasteiger partial charge is 0.276 e. The van der Waals surface area contributed by atoms with E-state index in [4.69, 9.17) is 5.14 Å². The van der Waals surface area contributed by atoms with Crippen molar-refractivity contribution in [3.8, 4) is 0 Å². The summed E-state index contributed by atoms with van der Waals surface area (Å²) in [6, 6.07) is 1.85. The van der Waals surface area contributed by atoms with E-state index in [2.05, 4.69) is 20.2 Å². The Kier molecular flexibility index (Phi) is 6.49. The minimum atomic E-state index is -3.43. The highest BCUT2D eigenvalue weighted by Crippen LogP contribution is 2.13. The second-order valence-corrected chi connectivity index (χ2v) is 6.84. The molecule has 0 amide bonds. The molecule has 0 radical (unpaired) electrons. The zero-order valence-corrected chi connectivity index (χ0v) is 13.5. The summed E-state index contributed by atoms with van der Waals surface area (Å²) in [5.74, 6) is 0.886. The molecule has 2 fully saturated rings. The van der Waals surface area contributed by atoms with Gasteiger partial charge in [0.15, 0.2) is 0 Å². The molecule has 0 unspecified atom stereocenters. The maximum atomic E-state index is 10.7. The van der Waals surface area contributed by atoms with Crippen molar-refractivity contribution < 1.29 is 8.42 Å². The van der Waals surface area contributed by atoms with Gasteiger partial charge in [0.2, 0.25) is 5.95 Å². The third-order valence-electron chi connectivity index (χ3n) is 3.63. The minimum Gasteiger partial charge on any atom is -0.341 e. The zero-order valence-electron chi connectivity index (χ0n) is 12.7. The second kappa shape index (κ2) is 8.37. The Balaban J connectivity index is 0.000000164. The van der Waals surface area contributed by atoms with Gasteiger partial charge < -0.3 is 10.2 Å². The summed E-state index contributed by atoms with van der Waals surface area (Å²) in [4.78, 5) is 10.7. The first-order chi connectivity index (χ1) is 10.6. The highest BCUT2D eigenvalue weighted by Gasteiger charge is 2.18. The number of nitrogens with zero attached hydrogens (tertiary/aromatic N) is 4. The molecule has 2 aliphatic rings. The van der Waals surface area contributed by atoms with Crippen LogP contribution >= 0.6 is 0 Å². The fourth-order valence-corrected chi connectivity index (χ4v) is 3.14. The number of piperidine rings is 1. The van der Waals surface area contributed by atoms with Gasteiger partial charge in [-0.25, -0.2) is 15.1 Å². The van der Waals surface area contributed by atoms with Crippen molar-refractivity contribution in [1.29, 1.82) is 0 Å². The van der Waals surface area contributed by atoms with E-state index in [1.807, 2.05) is 6.07 Å². The number of aromatic nitrogens is 2. The van der Waals surface area contributed by atoms with Gasteiger partial charge in [-0.2, -0.15) is 12.7 Å². The van der Waals surface area contributed by atoms with Crippen molar-refractivity contribution in [3.63, 3.8) is 0 Å². The molecule has 3 rings (SSSR count). The molecular weight excluding hydrogens is 304 g/mol. The minimum absolute atomic E-state index is 0.485. The van der Waals surface area contributed by atoms with Crippen LogP contribution in [0.25, 0.3) is 0 Å². The molecule has 124 valence electrons. The van der Waals surface area contributed by atoms with E-state index in [0.717, 1.165) is 19.0 Å². The van der Waals surface area contributed by atoms with Crippen LogP contribution in [0.15, 0.2) is 18.5 Å². The highest BCUT2D eigenvalue weighted by molar-refractivity contribution is 7.86. The van der Waals surface area contributed by atoms with Gasteiger partial charge in [-0.1, -0.05) is 0 Å². The molecule has 2 saturated heterocycles. The number of hydrogen-bond acceptors (Lipinski definition) is 6. The molecule has 0 aliphatic carbocycles. The Bertz CT molecular complexity index is 527. The van der Waals surface area contributed by atoms with E-state index in [9.17, 15) is 8.42 Å². The summed E-state index contributed by atoms with van der Waals surface area (Å²) < 4.78 is 22.6. The first-order valence-corrected chi connectivity index (χ1v) is 9.08. The number of nitrogens with two attached hydrogens (primary N) is 1. The second-order valence-electron chi connectivity index (χ2n) is 5.29. The van der Waals surface area contributed by atoms with Gasteiger partial charge in [-0.3, -0.25) is 0 Å². The number of nitrogens with one attached hydrogen (secondary N) is 1. The standard InChI is InChI=1S/C9H13N3.C4H11N3O2S/c1-2-7-12(8-3-1)9-10-5-4-6-11-9;5-10(8,9)7-3-1-6-2-4-7/h4-6H,1-3,7-8H2;6H,1-4H2,(H2,5,8,9). The van der Waals surface area contributed by atoms with Crippen molar-refractivity contribution in [2.24, 2.45) is 5.14 Å². The van der Waals surface area contributed by atoms with Crippen LogP contribution in [0, 0.1) is 0 Å². The fourth-order valence-electron chi connectivity index (χ4n) is 2.45. The molecule has 2 aliphatic heterocycles. The Morgan fingerprint density at radius 2 is 1.59 bits per heavy atom. The molecule has 22 heavy (non-hydrogen) atoms. The van der Waals surface area contributed by atoms with Crippen LogP contribution in [-0.2, 0) is 10.2 Å². The molecule has 3 N–H and O–H groups in total. The lowest BCUT2D eigenvalue weighted by molar-refractivity contribution is 0.360. The summed E-state index contributed by atoms with van der Waals surface area (Å²) in [6.07, 6.45) is 7.51. The third kappa shape index (κ3) is 5.48. The molecule has 9 heteroatoms. The zero-order chi connectivity index (χ0) is 15.8. The maximum Gasteiger partial charge on any atom is 0.276 e. The van der Waals surface area contributed by atoms with Crippen LogP contribution in [0.2, 0.25) is 0 Å². The summed E-state index contributed by atoms with van der Waals surface area (Å²) in [7, 11) is -3.43. The van der Waals surface area contributed by atoms with Gasteiger partial charge in [-0.15, -0.1) is 0 Å². The SMILES string of the molecule is NS(=O)(=O)N1CCNCC1.c1cnc(N2CCCCC2)nc1. The van der Waals surface area contributed by atoms with Crippen molar-refractivity contribution in [1.82, 2.24) is 19.6 Å². The Morgan fingerprint density at radius 1 is 1.00 bits per heavy atom. The molecule has 0 saturated carbocycles. The molecule has 0 bridgehead atoms. The Hall–Kier alpha value is -1.29. The topological polar surface area (TPSA) is 104 Å². The van der Waals surface area contributed by atoms with Crippen molar-refractivity contribution in [2.45, 2.75) is 19.3 Å². The average Bonchev–Trinajstić information content (AvgIpc) is 2.57. The monoisotopic (exact) mass is 328 g/mol. The van der Waals surface area contributed by atoms with E-state index in [0.29, 0.717) is 26.2 Å². The predicted molar refractivity (Wildman–Crippen MR) is 85.6 cm³/mol. The molecule has 1 aromatic heterocycles. The molecular formula is C13H24N6O2S. The van der Waals surface area contributed by atoms with Crippen LogP contribution in [0.1, 0.15) is 19.3 Å². The maximum absolute atomic E-state index is 10.7. The van der Waals surface area contributed by atoms with E-state index in [1.165, 1.54) is 23.6 Å². The lowest BCUT2D eigenvalue weighted by Crippen LogP contribution is -2.48. The van der Waals surface area contributed by atoms with Crippen molar-refractivity contribution in [2.75, 3.05) is 44.2 Å². The fraction of sp³-hybridized carbons (Fsp3) is 0.692. The van der Waals surface area contributed by atoms with Crippen LogP contribution in [0.3, 0.4) is 0 Å². The number of piperazine rings is 1. The van der Waals surface area contributed by atoms with Crippen LogP contribution < -0.4 is 15.4 Å². The summed E-state index contributed by atoms with van der Waals surface area (Å²) in [5.41, 5.74) is 0. The number of anilines is 1. The van der Waals surface area contributed by atoms with E-state index in [1.54, 1.807) is 12.4 Å². The molecule has 0 spiro atoms. The number of rotatable bonds is 2. The van der Waals surface area contributed by atoms with E-state index in [-0.39, 0.29) is 0 Å². The Labute approximate surface area is 131 Å². The third-order valence-corrected chi connectivity index (χ3v) is 4.71. The first kappa shape index (κ1) is 17.1. The normalized spacial score (nSPS) is 20.1. The van der Waals surface area contributed by atoms with Gasteiger partial charge in [0.05, 0.1) is 0 Å². The summed E-state index contributed by atoms with van der Waals surface area (Å²) in [5, 5.41) is 7.91. The van der Waals surface area contributed by atoms with Crippen LogP contribution in [0.4, 0.5) is 5.95 Å². The van der Waals surface area contributed by atoms with Gasteiger partial charge in [-0.05, 0) is 25.3 Å². The molecule has 1 aromatic rings. The molecule has 3 heterocycles. The number of hydrogen-bond donors (Lipinski definition) is 2. The lowest BCUT2D eigenvalue weighted by atomic mass is 10.1. The highest BCUT2D eigenvalue weighted by atomic mass is 32.2. The van der Waals surface area contributed by atoms with E-state index < -0.39 is 10.2 Å². The molecule has 8 nitrogen and oxygen atoms in total. The van der Waals surface area contributed by atoms with Gasteiger partial charge >= 0.3 is 0 Å². The first-order valence-electron chi connectivity index (χ1n) is 7.58. The summed E-state index contributed by atoms with van der Waals surface area (Å²) >= 11 is 0. The van der Waals surface area contributed by atoms with Crippen LogP contribution in [-0.4, -0.2) is 62.0 Å². The predicted octanol–water partition coefficient (Wildman–Crippen LogP) is -0.438. The Morgan fingerprint density at radius 3 is 2.09 bits per heavy atom. The van der Waals surface area contributed by atoms with Crippen molar-refractivity contribution in [3.05, 3.63) is 18.5 Å². The lowest BCUT2D eigenvalue weighted by Gasteiger charge is -2.26. The van der Waals surface area contributed by atoms with E-state index >= 15 is 0 Å². The van der Waals surface area contributed by atoms with Crippen molar-refractivity contribution >= 4 is 16.2 Å². The average molecular weight is 328 g/mol. The summed E-state index contributed by atoms with van der Waals surface area (Å²) in [6.45, 7) is 4.58. The molecule has 0 aromatic carbocycles. The van der Waals surface area contributed by atoms with Gasteiger partial charge in [0.25, 0.3) is 10.2 Å². The van der Waals surface area contributed by atoms with Crippen LogP contribution in [0.5, 0.6) is 0 Å². The van der Waals surface area contributed by atoms with Gasteiger partial charge in [0, 0.05) is 51.7 Å².